The van der Waals surface area contributed by atoms with Crippen LogP contribution in [0.2, 0.25) is 0 Å². The average Bonchev–Trinajstić information content (AvgIpc) is 2.97. The number of benzene rings is 1. The number of carboxylic acids is 1. The Morgan fingerprint density at radius 2 is 2.08 bits per heavy atom. The summed E-state index contributed by atoms with van der Waals surface area (Å²) in [6.45, 7) is 3.75. The fourth-order valence-electron chi connectivity index (χ4n) is 3.15. The van der Waals surface area contributed by atoms with E-state index in [9.17, 15) is 9.59 Å². The van der Waals surface area contributed by atoms with Crippen LogP contribution in [0.25, 0.3) is 11.0 Å². The quantitative estimate of drug-likeness (QED) is 0.842. The van der Waals surface area contributed by atoms with Crippen molar-refractivity contribution in [2.75, 3.05) is 24.6 Å². The van der Waals surface area contributed by atoms with Crippen molar-refractivity contribution in [1.82, 2.24) is 9.55 Å². The molecule has 0 aliphatic carbocycles. The number of nitrogens with zero attached hydrogens (tertiary/aromatic N) is 3. The maximum absolute atomic E-state index is 11.8. The van der Waals surface area contributed by atoms with Crippen molar-refractivity contribution in [3.05, 3.63) is 24.5 Å². The molecule has 3 rings (SSSR count). The predicted molar refractivity (Wildman–Crippen MR) is 88.9 cm³/mol. The molecule has 0 unspecified atom stereocenters. The minimum atomic E-state index is -0.889. The molecule has 1 aromatic heterocycles. The molecule has 1 fully saturated rings. The van der Waals surface area contributed by atoms with E-state index in [0.29, 0.717) is 6.61 Å². The normalized spacial score (nSPS) is 15.6. The minimum Gasteiger partial charge on any atom is -0.480 e. The van der Waals surface area contributed by atoms with Crippen LogP contribution in [0.1, 0.15) is 19.8 Å². The van der Waals surface area contributed by atoms with Crippen molar-refractivity contribution in [3.8, 4) is 0 Å². The first-order valence-corrected chi connectivity index (χ1v) is 8.16. The first kappa shape index (κ1) is 16.3. The summed E-state index contributed by atoms with van der Waals surface area (Å²) in [6.07, 6.45) is 3.12. The van der Waals surface area contributed by atoms with E-state index in [1.807, 2.05) is 25.1 Å². The molecular formula is C17H21N3O4. The van der Waals surface area contributed by atoms with Crippen molar-refractivity contribution in [1.29, 1.82) is 0 Å². The Kier molecular flexibility index (Phi) is 4.69. The van der Waals surface area contributed by atoms with Crippen molar-refractivity contribution >= 4 is 28.7 Å². The van der Waals surface area contributed by atoms with Crippen LogP contribution in [0.3, 0.4) is 0 Å². The lowest BCUT2D eigenvalue weighted by Gasteiger charge is -2.32. The van der Waals surface area contributed by atoms with Crippen molar-refractivity contribution in [3.63, 3.8) is 0 Å². The molecule has 128 valence electrons. The van der Waals surface area contributed by atoms with Gasteiger partial charge in [0.1, 0.15) is 6.54 Å². The van der Waals surface area contributed by atoms with Gasteiger partial charge in [0.15, 0.2) is 0 Å². The Morgan fingerprint density at radius 3 is 2.75 bits per heavy atom. The van der Waals surface area contributed by atoms with Gasteiger partial charge in [0.05, 0.1) is 29.9 Å². The van der Waals surface area contributed by atoms with Gasteiger partial charge >= 0.3 is 11.9 Å². The number of anilines is 1. The first-order valence-electron chi connectivity index (χ1n) is 8.16. The second-order valence-electron chi connectivity index (χ2n) is 5.95. The van der Waals surface area contributed by atoms with Gasteiger partial charge in [-0.15, -0.1) is 0 Å². The van der Waals surface area contributed by atoms with Crippen molar-refractivity contribution in [2.24, 2.45) is 5.92 Å². The summed E-state index contributed by atoms with van der Waals surface area (Å²) in [5.74, 6) is -1.00. The van der Waals surface area contributed by atoms with Crippen LogP contribution in [0.15, 0.2) is 24.5 Å². The van der Waals surface area contributed by atoms with E-state index >= 15 is 0 Å². The van der Waals surface area contributed by atoms with Gasteiger partial charge in [-0.2, -0.15) is 0 Å². The molecule has 2 aromatic rings. The Hall–Kier alpha value is -2.57. The molecule has 1 saturated heterocycles. The van der Waals surface area contributed by atoms with E-state index in [0.717, 1.165) is 42.7 Å². The Morgan fingerprint density at radius 1 is 1.33 bits per heavy atom. The van der Waals surface area contributed by atoms with Crippen LogP contribution in [0.5, 0.6) is 0 Å². The molecule has 0 radical (unpaired) electrons. The monoisotopic (exact) mass is 331 g/mol. The number of piperidine rings is 1. The summed E-state index contributed by atoms with van der Waals surface area (Å²) in [5, 5.41) is 8.92. The van der Waals surface area contributed by atoms with Gasteiger partial charge in [0, 0.05) is 18.8 Å². The van der Waals surface area contributed by atoms with Crippen LogP contribution >= 0.6 is 0 Å². The second kappa shape index (κ2) is 6.90. The lowest BCUT2D eigenvalue weighted by atomic mass is 9.96. The van der Waals surface area contributed by atoms with Gasteiger partial charge in [0.2, 0.25) is 0 Å². The number of esters is 1. The highest BCUT2D eigenvalue weighted by atomic mass is 16.5. The van der Waals surface area contributed by atoms with Crippen LogP contribution in [0.4, 0.5) is 5.69 Å². The fourth-order valence-corrected chi connectivity index (χ4v) is 3.15. The minimum absolute atomic E-state index is 0.0142. The van der Waals surface area contributed by atoms with E-state index in [1.54, 1.807) is 10.9 Å². The van der Waals surface area contributed by atoms with Gasteiger partial charge in [-0.3, -0.25) is 9.59 Å². The number of carbonyl (C=O) groups is 2. The largest absolute Gasteiger partial charge is 0.480 e. The smallest absolute Gasteiger partial charge is 0.323 e. The maximum Gasteiger partial charge on any atom is 0.323 e. The molecule has 1 aromatic carbocycles. The standard InChI is InChI=1S/C17H21N3O4/c1-2-24-17(23)12-5-7-19(8-6-12)13-3-4-15-14(9-13)18-11-20(15)10-16(21)22/h3-4,9,11-12H,2,5-8,10H2,1H3,(H,21,22). The summed E-state index contributed by atoms with van der Waals surface area (Å²) in [4.78, 5) is 29.2. The van der Waals surface area contributed by atoms with Crippen LogP contribution in [-0.4, -0.2) is 46.3 Å². The zero-order valence-corrected chi connectivity index (χ0v) is 13.6. The van der Waals surface area contributed by atoms with Crippen molar-refractivity contribution in [2.45, 2.75) is 26.3 Å². The van der Waals surface area contributed by atoms with Crippen LogP contribution in [0, 0.1) is 5.92 Å². The van der Waals surface area contributed by atoms with Crippen LogP contribution in [-0.2, 0) is 20.9 Å². The Balaban J connectivity index is 1.70. The second-order valence-corrected chi connectivity index (χ2v) is 5.95. The van der Waals surface area contributed by atoms with E-state index in [1.165, 1.54) is 0 Å². The molecule has 0 saturated carbocycles. The number of hydrogen-bond donors (Lipinski definition) is 1. The summed E-state index contributed by atoms with van der Waals surface area (Å²) < 4.78 is 6.72. The lowest BCUT2D eigenvalue weighted by Crippen LogP contribution is -2.36. The molecule has 0 atom stereocenters. The Labute approximate surface area is 139 Å². The molecule has 1 N–H and O–H groups in total. The topological polar surface area (TPSA) is 84.7 Å². The first-order chi connectivity index (χ1) is 11.6. The SMILES string of the molecule is CCOC(=O)C1CCN(c2ccc3c(c2)ncn3CC(=O)O)CC1. The number of ether oxygens (including phenoxy) is 1. The summed E-state index contributed by atoms with van der Waals surface area (Å²) >= 11 is 0. The number of fused-ring (bicyclic) bond motifs is 1. The molecule has 2 heterocycles. The highest BCUT2D eigenvalue weighted by molar-refractivity contribution is 5.81. The van der Waals surface area contributed by atoms with Crippen LogP contribution < -0.4 is 4.90 Å². The van der Waals surface area contributed by atoms with E-state index < -0.39 is 5.97 Å². The van der Waals surface area contributed by atoms with Gasteiger partial charge in [0.25, 0.3) is 0 Å². The van der Waals surface area contributed by atoms with Gasteiger partial charge in [-0.05, 0) is 38.0 Å². The van der Waals surface area contributed by atoms with Gasteiger partial charge in [-0.1, -0.05) is 0 Å². The zero-order valence-electron chi connectivity index (χ0n) is 13.6. The molecule has 7 heteroatoms. The number of rotatable bonds is 5. The van der Waals surface area contributed by atoms with E-state index in [2.05, 4.69) is 9.88 Å². The molecule has 1 aliphatic rings. The highest BCUT2D eigenvalue weighted by Gasteiger charge is 2.26. The third-order valence-corrected chi connectivity index (χ3v) is 4.39. The highest BCUT2D eigenvalue weighted by Crippen LogP contribution is 2.26. The fraction of sp³-hybridized carbons (Fsp3) is 0.471. The number of aromatic nitrogens is 2. The van der Waals surface area contributed by atoms with Crippen molar-refractivity contribution < 1.29 is 19.4 Å². The molecule has 0 spiro atoms. The molecule has 24 heavy (non-hydrogen) atoms. The summed E-state index contributed by atoms with van der Waals surface area (Å²) in [5.41, 5.74) is 2.63. The van der Waals surface area contributed by atoms with E-state index in [-0.39, 0.29) is 18.4 Å². The molecule has 1 aliphatic heterocycles. The summed E-state index contributed by atoms with van der Waals surface area (Å²) in [7, 11) is 0. The molecule has 0 bridgehead atoms. The maximum atomic E-state index is 11.8. The molecule has 0 amide bonds. The summed E-state index contributed by atoms with van der Waals surface area (Å²) in [6, 6.07) is 5.85. The molecular weight excluding hydrogens is 310 g/mol. The third kappa shape index (κ3) is 3.34. The number of carboxylic acid groups (broad SMARTS) is 1. The van der Waals surface area contributed by atoms with Gasteiger partial charge < -0.3 is 19.3 Å². The Bertz CT molecular complexity index is 747. The number of hydrogen-bond acceptors (Lipinski definition) is 5. The number of aliphatic carboxylic acids is 1. The number of imidazole rings is 1. The average molecular weight is 331 g/mol. The third-order valence-electron chi connectivity index (χ3n) is 4.39. The van der Waals surface area contributed by atoms with Gasteiger partial charge in [-0.25, -0.2) is 4.98 Å². The lowest BCUT2D eigenvalue weighted by molar-refractivity contribution is -0.148. The van der Waals surface area contributed by atoms with E-state index in [4.69, 9.17) is 9.84 Å². The molecule has 7 nitrogen and oxygen atoms in total. The number of carbonyl (C=O) groups excluding carboxylic acids is 1. The zero-order chi connectivity index (χ0) is 17.1. The predicted octanol–water partition coefficient (Wildman–Crippen LogP) is 1.90.